The van der Waals surface area contributed by atoms with E-state index in [2.05, 4.69) is 24.5 Å². The number of halogens is 1. The minimum absolute atomic E-state index is 0.137. The molecule has 2 N–H and O–H groups in total. The molecular formula is C12H23ClN2O2. The van der Waals surface area contributed by atoms with Gasteiger partial charge in [0.25, 0.3) is 0 Å². The first-order chi connectivity index (χ1) is 8.01. The van der Waals surface area contributed by atoms with Crippen LogP contribution in [-0.2, 0) is 4.79 Å². The Labute approximate surface area is 108 Å². The van der Waals surface area contributed by atoms with E-state index < -0.39 is 17.3 Å². The number of hydrogen-bond acceptors (Lipinski definition) is 2. The highest BCUT2D eigenvalue weighted by atomic mass is 35.5. The van der Waals surface area contributed by atoms with E-state index in [1.807, 2.05) is 0 Å². The maximum absolute atomic E-state index is 11.5. The number of unbranched alkanes of at least 4 members (excludes halogenated alkanes) is 1. The van der Waals surface area contributed by atoms with Gasteiger partial charge in [0.15, 0.2) is 0 Å². The van der Waals surface area contributed by atoms with Crippen LogP contribution < -0.4 is 10.6 Å². The van der Waals surface area contributed by atoms with Crippen LogP contribution in [-0.4, -0.2) is 23.4 Å². The molecule has 0 saturated carbocycles. The van der Waals surface area contributed by atoms with Gasteiger partial charge in [-0.05, 0) is 19.8 Å². The third-order valence-electron chi connectivity index (χ3n) is 2.48. The van der Waals surface area contributed by atoms with Gasteiger partial charge in [0.05, 0.1) is 0 Å². The average Bonchev–Trinajstić information content (AvgIpc) is 2.25. The molecular weight excluding hydrogens is 240 g/mol. The second-order valence-corrected chi connectivity index (χ2v) is 4.86. The molecule has 5 heteroatoms. The Morgan fingerprint density at radius 3 is 2.29 bits per heavy atom. The van der Waals surface area contributed by atoms with Crippen molar-refractivity contribution in [1.29, 1.82) is 0 Å². The molecule has 0 heterocycles. The van der Waals surface area contributed by atoms with Gasteiger partial charge < -0.3 is 5.32 Å². The van der Waals surface area contributed by atoms with E-state index in [9.17, 15) is 9.59 Å². The molecule has 0 bridgehead atoms. The monoisotopic (exact) mass is 262 g/mol. The van der Waals surface area contributed by atoms with E-state index in [4.69, 9.17) is 11.6 Å². The number of hydrogen-bond donors (Lipinski definition) is 2. The molecule has 0 aromatic rings. The molecule has 0 spiro atoms. The van der Waals surface area contributed by atoms with Crippen LogP contribution in [0.25, 0.3) is 0 Å². The number of rotatable bonds is 7. The summed E-state index contributed by atoms with van der Waals surface area (Å²) in [5.74, 6) is -0.463. The van der Waals surface area contributed by atoms with Crippen molar-refractivity contribution in [2.75, 3.05) is 0 Å². The summed E-state index contributed by atoms with van der Waals surface area (Å²) >= 11 is 5.56. The van der Waals surface area contributed by atoms with Crippen molar-refractivity contribution in [2.24, 2.45) is 0 Å². The standard InChI is InChI=1S/C12H23ClN2O2/c1-4-6-8-10(7-5-2)14-12(17)15-11(16)9(3)13/h9-10H,4-8H2,1-3H3,(H2,14,15,16,17). The first kappa shape index (κ1) is 16.2. The predicted octanol–water partition coefficient (Wildman–Crippen LogP) is 2.80. The summed E-state index contributed by atoms with van der Waals surface area (Å²) < 4.78 is 0. The van der Waals surface area contributed by atoms with Crippen LogP contribution in [0, 0.1) is 0 Å². The van der Waals surface area contributed by atoms with Gasteiger partial charge >= 0.3 is 6.03 Å². The number of alkyl halides is 1. The lowest BCUT2D eigenvalue weighted by Gasteiger charge is -2.18. The maximum atomic E-state index is 11.5. The van der Waals surface area contributed by atoms with Gasteiger partial charge in [0.2, 0.25) is 5.91 Å². The number of amides is 3. The van der Waals surface area contributed by atoms with Crippen molar-refractivity contribution in [1.82, 2.24) is 10.6 Å². The molecule has 3 amide bonds. The highest BCUT2D eigenvalue weighted by Gasteiger charge is 2.15. The third kappa shape index (κ3) is 8.02. The predicted molar refractivity (Wildman–Crippen MR) is 70.2 cm³/mol. The van der Waals surface area contributed by atoms with Crippen molar-refractivity contribution in [3.63, 3.8) is 0 Å². The maximum Gasteiger partial charge on any atom is 0.321 e. The molecule has 0 aliphatic rings. The molecule has 0 aliphatic heterocycles. The van der Waals surface area contributed by atoms with E-state index >= 15 is 0 Å². The summed E-state index contributed by atoms with van der Waals surface area (Å²) in [6.45, 7) is 5.72. The van der Waals surface area contributed by atoms with Crippen LogP contribution in [0.5, 0.6) is 0 Å². The zero-order chi connectivity index (χ0) is 13.3. The van der Waals surface area contributed by atoms with Crippen LogP contribution in [0.15, 0.2) is 0 Å². The van der Waals surface area contributed by atoms with Gasteiger partial charge in [-0.3, -0.25) is 10.1 Å². The molecule has 4 nitrogen and oxygen atoms in total. The quantitative estimate of drug-likeness (QED) is 0.693. The summed E-state index contributed by atoms with van der Waals surface area (Å²) in [4.78, 5) is 22.7. The Kier molecular flexibility index (Phi) is 8.86. The number of carbonyl (C=O) groups is 2. The molecule has 0 aliphatic carbocycles. The topological polar surface area (TPSA) is 58.2 Å². The Hall–Kier alpha value is -0.770. The van der Waals surface area contributed by atoms with E-state index in [-0.39, 0.29) is 6.04 Å². The highest BCUT2D eigenvalue weighted by Crippen LogP contribution is 2.06. The minimum atomic E-state index is -0.694. The summed E-state index contributed by atoms with van der Waals surface area (Å²) in [5, 5.41) is 4.34. The lowest BCUT2D eigenvalue weighted by atomic mass is 10.1. The fraction of sp³-hybridized carbons (Fsp3) is 0.833. The van der Waals surface area contributed by atoms with Crippen LogP contribution in [0.3, 0.4) is 0 Å². The first-order valence-electron chi connectivity index (χ1n) is 6.26. The lowest BCUT2D eigenvalue weighted by molar-refractivity contribution is -0.119. The first-order valence-corrected chi connectivity index (χ1v) is 6.70. The van der Waals surface area contributed by atoms with Crippen molar-refractivity contribution in [2.45, 2.75) is 64.3 Å². The molecule has 2 atom stereocenters. The smallest absolute Gasteiger partial charge is 0.321 e. The van der Waals surface area contributed by atoms with Gasteiger partial charge in [-0.2, -0.15) is 0 Å². The lowest BCUT2D eigenvalue weighted by Crippen LogP contribution is -2.46. The van der Waals surface area contributed by atoms with Crippen LogP contribution in [0.2, 0.25) is 0 Å². The number of urea groups is 1. The van der Waals surface area contributed by atoms with Crippen molar-refractivity contribution in [3.05, 3.63) is 0 Å². The Morgan fingerprint density at radius 1 is 1.18 bits per heavy atom. The van der Waals surface area contributed by atoms with Crippen LogP contribution in [0.1, 0.15) is 52.9 Å². The van der Waals surface area contributed by atoms with Crippen molar-refractivity contribution < 1.29 is 9.59 Å². The summed E-state index contributed by atoms with van der Waals surface area (Å²) in [5.41, 5.74) is 0. The van der Waals surface area contributed by atoms with Gasteiger partial charge in [0, 0.05) is 6.04 Å². The molecule has 0 aromatic heterocycles. The van der Waals surface area contributed by atoms with Gasteiger partial charge in [-0.1, -0.05) is 33.1 Å². The van der Waals surface area contributed by atoms with E-state index in [0.29, 0.717) is 0 Å². The number of carbonyl (C=O) groups excluding carboxylic acids is 2. The van der Waals surface area contributed by atoms with Gasteiger partial charge in [0.1, 0.15) is 5.38 Å². The second kappa shape index (κ2) is 9.28. The van der Waals surface area contributed by atoms with E-state index in [0.717, 1.165) is 32.1 Å². The van der Waals surface area contributed by atoms with Gasteiger partial charge in [-0.25, -0.2) is 4.79 Å². The SMILES string of the molecule is CCCCC(CCC)NC(=O)NC(=O)C(C)Cl. The molecule has 0 fully saturated rings. The Bertz CT molecular complexity index is 245. The van der Waals surface area contributed by atoms with E-state index in [1.165, 1.54) is 6.92 Å². The Balaban J connectivity index is 4.06. The van der Waals surface area contributed by atoms with E-state index in [1.54, 1.807) is 0 Å². The fourth-order valence-electron chi connectivity index (χ4n) is 1.52. The van der Waals surface area contributed by atoms with Crippen LogP contribution >= 0.6 is 11.6 Å². The molecule has 0 radical (unpaired) electrons. The highest BCUT2D eigenvalue weighted by molar-refractivity contribution is 6.31. The largest absolute Gasteiger partial charge is 0.335 e. The summed E-state index contributed by atoms with van der Waals surface area (Å²) in [6, 6.07) is -0.310. The van der Waals surface area contributed by atoms with Gasteiger partial charge in [-0.15, -0.1) is 11.6 Å². The fourth-order valence-corrected chi connectivity index (χ4v) is 1.58. The van der Waals surface area contributed by atoms with Crippen molar-refractivity contribution in [3.8, 4) is 0 Å². The molecule has 0 rings (SSSR count). The molecule has 17 heavy (non-hydrogen) atoms. The number of nitrogens with one attached hydrogen (secondary N) is 2. The van der Waals surface area contributed by atoms with Crippen molar-refractivity contribution >= 4 is 23.5 Å². The molecule has 0 saturated heterocycles. The summed E-state index contributed by atoms with van der Waals surface area (Å²) in [6.07, 6.45) is 5.06. The second-order valence-electron chi connectivity index (χ2n) is 4.21. The molecule has 100 valence electrons. The number of imide groups is 1. The normalized spacial score (nSPS) is 13.9. The van der Waals surface area contributed by atoms with Crippen LogP contribution in [0.4, 0.5) is 4.79 Å². The molecule has 0 aromatic carbocycles. The zero-order valence-corrected chi connectivity index (χ0v) is 11.6. The summed E-state index contributed by atoms with van der Waals surface area (Å²) in [7, 11) is 0. The Morgan fingerprint density at radius 2 is 1.82 bits per heavy atom. The average molecular weight is 263 g/mol. The molecule has 2 unspecified atom stereocenters. The zero-order valence-electron chi connectivity index (χ0n) is 10.9. The third-order valence-corrected chi connectivity index (χ3v) is 2.67. The minimum Gasteiger partial charge on any atom is -0.335 e.